The average molecular weight is 366 g/mol. The highest BCUT2D eigenvalue weighted by atomic mass is 35.5. The van der Waals surface area contributed by atoms with E-state index in [1.54, 1.807) is 13.1 Å². The van der Waals surface area contributed by atoms with Gasteiger partial charge in [-0.05, 0) is 18.2 Å². The van der Waals surface area contributed by atoms with Crippen molar-refractivity contribution in [2.75, 3.05) is 7.05 Å². The Bertz CT molecular complexity index is 866. The number of oxazole rings is 1. The minimum Gasteiger partial charge on any atom is -0.482 e. The standard InChI is InChI=1S/C16H13ClFN3O4/c1-21(7-11-4-5-25-20-11)16(22)13-8-24-15(19-13)9-23-14-3-2-10(18)6-12(14)17/h2-6,8H,7,9H2,1H3. The quantitative estimate of drug-likeness (QED) is 0.666. The van der Waals surface area contributed by atoms with E-state index in [-0.39, 0.29) is 41.4 Å². The van der Waals surface area contributed by atoms with Crippen LogP contribution in [0, 0.1) is 5.82 Å². The third-order valence-electron chi connectivity index (χ3n) is 3.25. The van der Waals surface area contributed by atoms with Gasteiger partial charge in [-0.25, -0.2) is 9.37 Å². The van der Waals surface area contributed by atoms with Crippen LogP contribution in [0.5, 0.6) is 5.75 Å². The van der Waals surface area contributed by atoms with Gasteiger partial charge in [0, 0.05) is 13.1 Å². The van der Waals surface area contributed by atoms with Crippen molar-refractivity contribution in [1.29, 1.82) is 0 Å². The van der Waals surface area contributed by atoms with Crippen LogP contribution in [-0.4, -0.2) is 28.0 Å². The maximum absolute atomic E-state index is 13.0. The van der Waals surface area contributed by atoms with Crippen LogP contribution in [0.2, 0.25) is 5.02 Å². The molecule has 0 spiro atoms. The predicted octanol–water partition coefficient (Wildman–Crippen LogP) is 3.31. The second-order valence-electron chi connectivity index (χ2n) is 5.14. The van der Waals surface area contributed by atoms with E-state index < -0.39 is 5.82 Å². The molecule has 0 saturated heterocycles. The molecule has 0 aliphatic heterocycles. The van der Waals surface area contributed by atoms with E-state index in [1.165, 1.54) is 29.6 Å². The number of carbonyl (C=O) groups is 1. The van der Waals surface area contributed by atoms with E-state index in [0.29, 0.717) is 5.69 Å². The summed E-state index contributed by atoms with van der Waals surface area (Å²) in [5, 5.41) is 3.88. The molecule has 0 saturated carbocycles. The summed E-state index contributed by atoms with van der Waals surface area (Å²) >= 11 is 5.87. The molecule has 1 aromatic carbocycles. The largest absolute Gasteiger partial charge is 0.482 e. The smallest absolute Gasteiger partial charge is 0.275 e. The zero-order chi connectivity index (χ0) is 17.8. The molecule has 130 valence electrons. The monoisotopic (exact) mass is 365 g/mol. The third kappa shape index (κ3) is 4.16. The number of benzene rings is 1. The van der Waals surface area contributed by atoms with Crippen molar-refractivity contribution in [2.45, 2.75) is 13.2 Å². The molecule has 0 N–H and O–H groups in total. The number of carbonyl (C=O) groups excluding carboxylic acids is 1. The lowest BCUT2D eigenvalue weighted by molar-refractivity contribution is 0.0776. The van der Waals surface area contributed by atoms with Gasteiger partial charge in [-0.1, -0.05) is 16.8 Å². The van der Waals surface area contributed by atoms with Crippen molar-refractivity contribution < 1.29 is 22.9 Å². The Hall–Kier alpha value is -2.87. The van der Waals surface area contributed by atoms with Crippen molar-refractivity contribution in [3.05, 3.63) is 64.9 Å². The van der Waals surface area contributed by atoms with Crippen LogP contribution in [-0.2, 0) is 13.2 Å². The number of ether oxygens (including phenoxy) is 1. The lowest BCUT2D eigenvalue weighted by Crippen LogP contribution is -2.26. The van der Waals surface area contributed by atoms with Crippen molar-refractivity contribution in [1.82, 2.24) is 15.0 Å². The minimum atomic E-state index is -0.462. The number of amides is 1. The summed E-state index contributed by atoms with van der Waals surface area (Å²) in [6, 6.07) is 5.43. The highest BCUT2D eigenvalue weighted by Gasteiger charge is 2.18. The zero-order valence-electron chi connectivity index (χ0n) is 13.1. The van der Waals surface area contributed by atoms with Gasteiger partial charge < -0.3 is 18.6 Å². The highest BCUT2D eigenvalue weighted by molar-refractivity contribution is 6.32. The molecule has 7 nitrogen and oxygen atoms in total. The van der Waals surface area contributed by atoms with Crippen molar-refractivity contribution in [2.24, 2.45) is 0 Å². The fraction of sp³-hybridized carbons (Fsp3) is 0.188. The minimum absolute atomic E-state index is 0.0500. The number of halogens is 2. The summed E-state index contributed by atoms with van der Waals surface area (Å²) in [5.41, 5.74) is 0.753. The second kappa shape index (κ2) is 7.35. The van der Waals surface area contributed by atoms with Crippen LogP contribution < -0.4 is 4.74 Å². The number of rotatable bonds is 6. The molecule has 0 fully saturated rings. The summed E-state index contributed by atoms with van der Waals surface area (Å²) in [5.74, 6) is -0.315. The normalized spacial score (nSPS) is 10.7. The summed E-state index contributed by atoms with van der Waals surface area (Å²) in [4.78, 5) is 17.8. The Labute approximate surface area is 146 Å². The lowest BCUT2D eigenvalue weighted by atomic mass is 10.3. The van der Waals surface area contributed by atoms with Crippen LogP contribution in [0.15, 0.2) is 45.7 Å². The van der Waals surface area contributed by atoms with E-state index in [9.17, 15) is 9.18 Å². The molecule has 25 heavy (non-hydrogen) atoms. The maximum Gasteiger partial charge on any atom is 0.275 e. The summed E-state index contributed by atoms with van der Waals surface area (Å²) in [7, 11) is 1.61. The molecule has 2 heterocycles. The SMILES string of the molecule is CN(Cc1ccon1)C(=O)c1coc(COc2ccc(F)cc2Cl)n1. The summed E-state index contributed by atoms with van der Waals surface area (Å²) < 4.78 is 28.3. The van der Waals surface area contributed by atoms with Crippen LogP contribution in [0.1, 0.15) is 22.1 Å². The van der Waals surface area contributed by atoms with Gasteiger partial charge in [0.05, 0.1) is 11.6 Å². The fourth-order valence-electron chi connectivity index (χ4n) is 2.04. The molecule has 3 aromatic rings. The molecule has 3 rings (SSSR count). The topological polar surface area (TPSA) is 81.6 Å². The maximum atomic E-state index is 13.0. The molecule has 0 bridgehead atoms. The summed E-state index contributed by atoms with van der Waals surface area (Å²) in [6.45, 7) is 0.227. The van der Waals surface area contributed by atoms with Crippen LogP contribution in [0.25, 0.3) is 0 Å². The number of hydrogen-bond donors (Lipinski definition) is 0. The molecule has 0 unspecified atom stereocenters. The highest BCUT2D eigenvalue weighted by Crippen LogP contribution is 2.25. The molecule has 0 aliphatic carbocycles. The van der Waals surface area contributed by atoms with Gasteiger partial charge in [0.25, 0.3) is 5.91 Å². The predicted molar refractivity (Wildman–Crippen MR) is 84.5 cm³/mol. The lowest BCUT2D eigenvalue weighted by Gasteiger charge is -2.13. The van der Waals surface area contributed by atoms with E-state index >= 15 is 0 Å². The molecule has 9 heteroatoms. The van der Waals surface area contributed by atoms with Gasteiger partial charge in [-0.15, -0.1) is 0 Å². The van der Waals surface area contributed by atoms with E-state index in [1.807, 2.05) is 0 Å². The first-order chi connectivity index (χ1) is 12.0. The number of nitrogens with zero attached hydrogens (tertiary/aromatic N) is 3. The van der Waals surface area contributed by atoms with E-state index in [4.69, 9.17) is 25.3 Å². The number of hydrogen-bond acceptors (Lipinski definition) is 6. The first-order valence-electron chi connectivity index (χ1n) is 7.20. The van der Waals surface area contributed by atoms with Gasteiger partial charge in [0.15, 0.2) is 12.3 Å². The van der Waals surface area contributed by atoms with Gasteiger partial charge in [-0.3, -0.25) is 4.79 Å². The van der Waals surface area contributed by atoms with E-state index in [2.05, 4.69) is 10.1 Å². The summed E-state index contributed by atoms with van der Waals surface area (Å²) in [6.07, 6.45) is 2.67. The Morgan fingerprint density at radius 1 is 1.40 bits per heavy atom. The average Bonchev–Trinajstić information content (AvgIpc) is 3.25. The fourth-order valence-corrected chi connectivity index (χ4v) is 2.26. The molecule has 0 radical (unpaired) electrons. The van der Waals surface area contributed by atoms with Crippen LogP contribution >= 0.6 is 11.6 Å². The number of aromatic nitrogens is 2. The Kier molecular flexibility index (Phi) is 4.99. The van der Waals surface area contributed by atoms with Gasteiger partial charge in [-0.2, -0.15) is 0 Å². The molecule has 0 atom stereocenters. The molecular formula is C16H13ClFN3O4. The van der Waals surface area contributed by atoms with Crippen molar-refractivity contribution >= 4 is 17.5 Å². The molecular weight excluding hydrogens is 353 g/mol. The van der Waals surface area contributed by atoms with Crippen LogP contribution in [0.3, 0.4) is 0 Å². The van der Waals surface area contributed by atoms with E-state index in [0.717, 1.165) is 6.07 Å². The van der Waals surface area contributed by atoms with Gasteiger partial charge >= 0.3 is 0 Å². The Morgan fingerprint density at radius 2 is 2.24 bits per heavy atom. The van der Waals surface area contributed by atoms with Crippen LogP contribution in [0.4, 0.5) is 4.39 Å². The second-order valence-corrected chi connectivity index (χ2v) is 5.55. The first kappa shape index (κ1) is 17.0. The molecule has 0 aliphatic rings. The van der Waals surface area contributed by atoms with Crippen molar-refractivity contribution in [3.63, 3.8) is 0 Å². The Balaban J connectivity index is 1.60. The van der Waals surface area contributed by atoms with Gasteiger partial charge in [0.2, 0.25) is 5.89 Å². The first-order valence-corrected chi connectivity index (χ1v) is 7.57. The molecule has 1 amide bonds. The van der Waals surface area contributed by atoms with Gasteiger partial charge in [0.1, 0.15) is 29.8 Å². The zero-order valence-corrected chi connectivity index (χ0v) is 13.9. The molecule has 2 aromatic heterocycles. The third-order valence-corrected chi connectivity index (χ3v) is 3.55. The Morgan fingerprint density at radius 3 is 2.96 bits per heavy atom. The van der Waals surface area contributed by atoms with Crippen molar-refractivity contribution in [3.8, 4) is 5.75 Å².